The van der Waals surface area contributed by atoms with Gasteiger partial charge in [0, 0.05) is 10.6 Å². The molecule has 1 aromatic carbocycles. The van der Waals surface area contributed by atoms with Crippen LogP contribution in [-0.4, -0.2) is 44.2 Å². The normalized spacial score (nSPS) is 19.5. The first-order valence-corrected chi connectivity index (χ1v) is 7.21. The molecule has 106 valence electrons. The van der Waals surface area contributed by atoms with Gasteiger partial charge in [-0.15, -0.1) is 0 Å². The molecule has 0 atom stereocenters. The lowest BCUT2D eigenvalue weighted by Gasteiger charge is -2.40. The summed E-state index contributed by atoms with van der Waals surface area (Å²) < 4.78 is 5.90. The van der Waals surface area contributed by atoms with Gasteiger partial charge in [-0.2, -0.15) is 0 Å². The van der Waals surface area contributed by atoms with Gasteiger partial charge in [0.1, 0.15) is 0 Å². The summed E-state index contributed by atoms with van der Waals surface area (Å²) >= 11 is 5.87. The van der Waals surface area contributed by atoms with Crippen molar-refractivity contribution in [2.75, 3.05) is 33.8 Å². The van der Waals surface area contributed by atoms with Crippen LogP contribution in [0.5, 0.6) is 0 Å². The first-order chi connectivity index (χ1) is 9.13. The van der Waals surface area contributed by atoms with Gasteiger partial charge in [0.15, 0.2) is 0 Å². The van der Waals surface area contributed by atoms with Gasteiger partial charge in [0.2, 0.25) is 0 Å². The first kappa shape index (κ1) is 14.8. The van der Waals surface area contributed by atoms with Crippen molar-refractivity contribution >= 4 is 11.6 Å². The van der Waals surface area contributed by atoms with E-state index in [1.165, 1.54) is 5.56 Å². The highest BCUT2D eigenvalue weighted by molar-refractivity contribution is 6.30. The van der Waals surface area contributed by atoms with Crippen molar-refractivity contribution in [1.82, 2.24) is 10.2 Å². The van der Waals surface area contributed by atoms with Crippen LogP contribution in [0.15, 0.2) is 24.3 Å². The molecule has 0 amide bonds. The number of likely N-dealkylation sites (tertiary alicyclic amines) is 1. The van der Waals surface area contributed by atoms with E-state index in [9.17, 15) is 0 Å². The molecule has 4 heteroatoms. The van der Waals surface area contributed by atoms with E-state index >= 15 is 0 Å². The number of piperidine rings is 1. The molecule has 0 radical (unpaired) electrons. The lowest BCUT2D eigenvalue weighted by molar-refractivity contribution is 0.0300. The van der Waals surface area contributed by atoms with Gasteiger partial charge >= 0.3 is 0 Å². The van der Waals surface area contributed by atoms with Crippen LogP contribution >= 0.6 is 11.6 Å². The highest BCUT2D eigenvalue weighted by atomic mass is 35.5. The fourth-order valence-electron chi connectivity index (χ4n) is 2.46. The molecule has 0 saturated carbocycles. The Kier molecular flexibility index (Phi) is 5.22. The van der Waals surface area contributed by atoms with Gasteiger partial charge in [0.05, 0.1) is 13.2 Å². The molecule has 19 heavy (non-hydrogen) atoms. The first-order valence-electron chi connectivity index (χ1n) is 6.83. The van der Waals surface area contributed by atoms with Gasteiger partial charge in [-0.1, -0.05) is 23.7 Å². The SMILES string of the molecule is CNC1(COCc2ccc(Cl)cc2)CCN(C)CC1. The zero-order chi connectivity index (χ0) is 13.7. The van der Waals surface area contributed by atoms with Gasteiger partial charge in [0.25, 0.3) is 0 Å². The van der Waals surface area contributed by atoms with Gasteiger partial charge in [-0.3, -0.25) is 0 Å². The summed E-state index contributed by atoms with van der Waals surface area (Å²) in [5.41, 5.74) is 1.31. The number of hydrogen-bond acceptors (Lipinski definition) is 3. The fourth-order valence-corrected chi connectivity index (χ4v) is 2.58. The number of nitrogens with zero attached hydrogens (tertiary/aromatic N) is 1. The standard InChI is InChI=1S/C15H23ClN2O/c1-17-15(7-9-18(2)10-8-15)12-19-11-13-3-5-14(16)6-4-13/h3-6,17H,7-12H2,1-2H3. The van der Waals surface area contributed by atoms with Crippen molar-refractivity contribution < 1.29 is 4.74 Å². The smallest absolute Gasteiger partial charge is 0.0717 e. The Hall–Kier alpha value is -0.610. The van der Waals surface area contributed by atoms with Crippen LogP contribution in [0.3, 0.4) is 0 Å². The topological polar surface area (TPSA) is 24.5 Å². The third-order valence-electron chi connectivity index (χ3n) is 4.03. The maximum Gasteiger partial charge on any atom is 0.0717 e. The predicted octanol–water partition coefficient (Wildman–Crippen LogP) is 2.54. The monoisotopic (exact) mass is 282 g/mol. The van der Waals surface area contributed by atoms with Crippen molar-refractivity contribution in [1.29, 1.82) is 0 Å². The Morgan fingerprint density at radius 1 is 1.26 bits per heavy atom. The molecule has 3 nitrogen and oxygen atoms in total. The van der Waals surface area contributed by atoms with Gasteiger partial charge < -0.3 is 15.0 Å². The molecule has 1 heterocycles. The lowest BCUT2D eigenvalue weighted by Crippen LogP contribution is -2.54. The second kappa shape index (κ2) is 6.71. The molecule has 1 fully saturated rings. The van der Waals surface area contributed by atoms with Crippen LogP contribution in [0.25, 0.3) is 0 Å². The summed E-state index contributed by atoms with van der Waals surface area (Å²) in [6.45, 7) is 3.67. The molecule has 2 rings (SSSR count). The highest BCUT2D eigenvalue weighted by Crippen LogP contribution is 2.22. The van der Waals surface area contributed by atoms with E-state index in [1.54, 1.807) is 0 Å². The summed E-state index contributed by atoms with van der Waals surface area (Å²) in [4.78, 5) is 2.37. The molecule has 0 bridgehead atoms. The Morgan fingerprint density at radius 3 is 2.47 bits per heavy atom. The zero-order valence-electron chi connectivity index (χ0n) is 11.8. The molecule has 1 N–H and O–H groups in total. The minimum Gasteiger partial charge on any atom is -0.375 e. The Bertz CT molecular complexity index is 386. The summed E-state index contributed by atoms with van der Waals surface area (Å²) in [6.07, 6.45) is 2.28. The Labute approximate surface area is 120 Å². The molecule has 0 aliphatic carbocycles. The van der Waals surface area contributed by atoms with Crippen LogP contribution in [0.1, 0.15) is 18.4 Å². The second-order valence-electron chi connectivity index (χ2n) is 5.45. The van der Waals surface area contributed by atoms with E-state index in [1.807, 2.05) is 31.3 Å². The summed E-state index contributed by atoms with van der Waals surface area (Å²) in [6, 6.07) is 7.85. The van der Waals surface area contributed by atoms with Crippen LogP contribution in [-0.2, 0) is 11.3 Å². The Morgan fingerprint density at radius 2 is 1.89 bits per heavy atom. The van der Waals surface area contributed by atoms with Crippen LogP contribution < -0.4 is 5.32 Å². The summed E-state index contributed by atoms with van der Waals surface area (Å²) in [5.74, 6) is 0. The van der Waals surface area contributed by atoms with Crippen molar-refractivity contribution in [3.8, 4) is 0 Å². The quantitative estimate of drug-likeness (QED) is 0.898. The van der Waals surface area contributed by atoms with Gasteiger partial charge in [-0.25, -0.2) is 0 Å². The summed E-state index contributed by atoms with van der Waals surface area (Å²) in [5, 5.41) is 4.23. The van der Waals surface area contributed by atoms with E-state index in [2.05, 4.69) is 17.3 Å². The zero-order valence-corrected chi connectivity index (χ0v) is 12.5. The molecule has 0 aromatic heterocycles. The molecular formula is C15H23ClN2O. The van der Waals surface area contributed by atoms with E-state index in [0.717, 1.165) is 37.6 Å². The molecule has 1 aliphatic rings. The van der Waals surface area contributed by atoms with E-state index in [4.69, 9.17) is 16.3 Å². The molecule has 1 aromatic rings. The Balaban J connectivity index is 1.81. The van der Waals surface area contributed by atoms with Crippen molar-refractivity contribution in [3.63, 3.8) is 0 Å². The lowest BCUT2D eigenvalue weighted by atomic mass is 9.89. The molecule has 0 unspecified atom stereocenters. The van der Waals surface area contributed by atoms with Crippen LogP contribution in [0, 0.1) is 0 Å². The number of hydrogen-bond donors (Lipinski definition) is 1. The molecule has 1 aliphatic heterocycles. The molecule has 1 saturated heterocycles. The predicted molar refractivity (Wildman–Crippen MR) is 79.6 cm³/mol. The maximum atomic E-state index is 5.90. The molecule has 0 spiro atoms. The van der Waals surface area contributed by atoms with Crippen molar-refractivity contribution in [3.05, 3.63) is 34.9 Å². The second-order valence-corrected chi connectivity index (χ2v) is 5.89. The highest BCUT2D eigenvalue weighted by Gasteiger charge is 2.32. The third kappa shape index (κ3) is 4.18. The fraction of sp³-hybridized carbons (Fsp3) is 0.600. The van der Waals surface area contributed by atoms with Crippen LogP contribution in [0.4, 0.5) is 0 Å². The number of likely N-dealkylation sites (N-methyl/N-ethyl adjacent to an activating group) is 1. The number of ether oxygens (including phenoxy) is 1. The van der Waals surface area contributed by atoms with E-state index < -0.39 is 0 Å². The van der Waals surface area contributed by atoms with Crippen molar-refractivity contribution in [2.24, 2.45) is 0 Å². The van der Waals surface area contributed by atoms with Gasteiger partial charge in [-0.05, 0) is 57.7 Å². The third-order valence-corrected chi connectivity index (χ3v) is 4.29. The maximum absolute atomic E-state index is 5.90. The van der Waals surface area contributed by atoms with E-state index in [-0.39, 0.29) is 5.54 Å². The minimum absolute atomic E-state index is 0.138. The number of rotatable bonds is 5. The van der Waals surface area contributed by atoms with Crippen molar-refractivity contribution in [2.45, 2.75) is 25.0 Å². The van der Waals surface area contributed by atoms with Crippen LogP contribution in [0.2, 0.25) is 5.02 Å². The number of benzene rings is 1. The molecular weight excluding hydrogens is 260 g/mol. The summed E-state index contributed by atoms with van der Waals surface area (Å²) in [7, 11) is 4.21. The minimum atomic E-state index is 0.138. The average molecular weight is 283 g/mol. The largest absolute Gasteiger partial charge is 0.375 e. The number of nitrogens with one attached hydrogen (secondary N) is 1. The number of halogens is 1. The van der Waals surface area contributed by atoms with E-state index in [0.29, 0.717) is 6.61 Å². The average Bonchev–Trinajstić information content (AvgIpc) is 2.44.